The van der Waals surface area contributed by atoms with E-state index in [2.05, 4.69) is 33.4 Å². The Balaban J connectivity index is 1.72. The van der Waals surface area contributed by atoms with Crippen LogP contribution in [0.3, 0.4) is 0 Å². The number of carbonyl (C=O) groups is 1. The van der Waals surface area contributed by atoms with E-state index in [4.69, 9.17) is 0 Å². The van der Waals surface area contributed by atoms with Gasteiger partial charge >= 0.3 is 0 Å². The number of amides is 1. The summed E-state index contributed by atoms with van der Waals surface area (Å²) in [6, 6.07) is 17.6. The second-order valence-corrected chi connectivity index (χ2v) is 5.27. The predicted molar refractivity (Wildman–Crippen MR) is 81.2 cm³/mol. The average molecular weight is 318 g/mol. The van der Waals surface area contributed by atoms with E-state index in [-0.39, 0.29) is 5.91 Å². The van der Waals surface area contributed by atoms with Gasteiger partial charge in [0, 0.05) is 16.6 Å². The standard InChI is InChI=1S/C16H16BrNO/c17-15-10-8-13(9-11-15)5-4-12-18-16(19)14-6-2-1-3-7-14/h1-3,6-11H,4-5,12H2,(H,18,19). The molecule has 0 aliphatic rings. The van der Waals surface area contributed by atoms with Crippen molar-refractivity contribution < 1.29 is 4.79 Å². The zero-order chi connectivity index (χ0) is 13.5. The van der Waals surface area contributed by atoms with Gasteiger partial charge in [0.25, 0.3) is 5.91 Å². The first-order valence-electron chi connectivity index (χ1n) is 6.33. The van der Waals surface area contributed by atoms with Crippen LogP contribution >= 0.6 is 15.9 Å². The molecule has 2 aromatic carbocycles. The minimum atomic E-state index is -0.00333. The van der Waals surface area contributed by atoms with Crippen molar-refractivity contribution in [3.63, 3.8) is 0 Å². The zero-order valence-electron chi connectivity index (χ0n) is 10.6. The number of aryl methyl sites for hydroxylation is 1. The van der Waals surface area contributed by atoms with Crippen molar-refractivity contribution >= 4 is 21.8 Å². The molecule has 0 spiro atoms. The van der Waals surface area contributed by atoms with Crippen molar-refractivity contribution in [1.82, 2.24) is 5.32 Å². The lowest BCUT2D eigenvalue weighted by molar-refractivity contribution is 0.0953. The summed E-state index contributed by atoms with van der Waals surface area (Å²) in [6.45, 7) is 0.698. The smallest absolute Gasteiger partial charge is 0.251 e. The summed E-state index contributed by atoms with van der Waals surface area (Å²) < 4.78 is 1.09. The highest BCUT2D eigenvalue weighted by Gasteiger charge is 2.02. The number of nitrogens with one attached hydrogen (secondary N) is 1. The van der Waals surface area contributed by atoms with Gasteiger partial charge in [0.05, 0.1) is 0 Å². The molecule has 0 fully saturated rings. The molecule has 1 N–H and O–H groups in total. The third-order valence-corrected chi connectivity index (χ3v) is 3.41. The number of halogens is 1. The molecule has 0 heterocycles. The lowest BCUT2D eigenvalue weighted by Gasteiger charge is -2.05. The van der Waals surface area contributed by atoms with Gasteiger partial charge in [-0.2, -0.15) is 0 Å². The fraction of sp³-hybridized carbons (Fsp3) is 0.188. The summed E-state index contributed by atoms with van der Waals surface area (Å²) in [6.07, 6.45) is 1.92. The molecular weight excluding hydrogens is 302 g/mol. The van der Waals surface area contributed by atoms with Gasteiger partial charge in [0.1, 0.15) is 0 Å². The van der Waals surface area contributed by atoms with Crippen LogP contribution in [0.4, 0.5) is 0 Å². The molecule has 98 valence electrons. The van der Waals surface area contributed by atoms with Crippen LogP contribution in [0.5, 0.6) is 0 Å². The summed E-state index contributed by atoms with van der Waals surface area (Å²) in [5.74, 6) is -0.00333. The second-order valence-electron chi connectivity index (χ2n) is 4.35. The van der Waals surface area contributed by atoms with Gasteiger partial charge in [-0.15, -0.1) is 0 Å². The minimum Gasteiger partial charge on any atom is -0.352 e. The summed E-state index contributed by atoms with van der Waals surface area (Å²) in [7, 11) is 0. The molecule has 3 heteroatoms. The first-order chi connectivity index (χ1) is 9.25. The Morgan fingerprint density at radius 2 is 1.68 bits per heavy atom. The van der Waals surface area contributed by atoms with E-state index in [9.17, 15) is 4.79 Å². The first-order valence-corrected chi connectivity index (χ1v) is 7.13. The number of rotatable bonds is 5. The highest BCUT2D eigenvalue weighted by Crippen LogP contribution is 2.11. The quantitative estimate of drug-likeness (QED) is 0.835. The molecule has 0 atom stereocenters. The van der Waals surface area contributed by atoms with Gasteiger partial charge in [-0.05, 0) is 42.7 Å². The van der Waals surface area contributed by atoms with Crippen LogP contribution in [0.15, 0.2) is 59.1 Å². The normalized spacial score (nSPS) is 10.2. The summed E-state index contributed by atoms with van der Waals surface area (Å²) in [4.78, 5) is 11.8. The van der Waals surface area contributed by atoms with E-state index in [1.165, 1.54) is 5.56 Å². The van der Waals surface area contributed by atoms with E-state index >= 15 is 0 Å². The van der Waals surface area contributed by atoms with Crippen molar-refractivity contribution in [3.8, 4) is 0 Å². The topological polar surface area (TPSA) is 29.1 Å². The van der Waals surface area contributed by atoms with Crippen LogP contribution in [-0.2, 0) is 6.42 Å². The summed E-state index contributed by atoms with van der Waals surface area (Å²) in [5.41, 5.74) is 2.00. The molecule has 19 heavy (non-hydrogen) atoms. The van der Waals surface area contributed by atoms with Crippen molar-refractivity contribution in [2.45, 2.75) is 12.8 Å². The highest BCUT2D eigenvalue weighted by molar-refractivity contribution is 9.10. The van der Waals surface area contributed by atoms with Crippen molar-refractivity contribution in [2.75, 3.05) is 6.54 Å². The molecular formula is C16H16BrNO. The van der Waals surface area contributed by atoms with Gasteiger partial charge < -0.3 is 5.32 Å². The Kier molecular flexibility index (Phi) is 5.16. The summed E-state index contributed by atoms with van der Waals surface area (Å²) in [5, 5.41) is 2.93. The Hall–Kier alpha value is -1.61. The fourth-order valence-electron chi connectivity index (χ4n) is 1.84. The van der Waals surface area contributed by atoms with Crippen LogP contribution in [0, 0.1) is 0 Å². The van der Waals surface area contributed by atoms with Crippen LogP contribution in [-0.4, -0.2) is 12.5 Å². The number of benzene rings is 2. The van der Waals surface area contributed by atoms with Crippen LogP contribution in [0.2, 0.25) is 0 Å². The highest BCUT2D eigenvalue weighted by atomic mass is 79.9. The molecule has 0 saturated carbocycles. The van der Waals surface area contributed by atoms with E-state index in [1.54, 1.807) is 0 Å². The second kappa shape index (κ2) is 7.10. The minimum absolute atomic E-state index is 0.00333. The maximum atomic E-state index is 11.8. The van der Waals surface area contributed by atoms with E-state index in [1.807, 2.05) is 42.5 Å². The molecule has 1 amide bonds. The van der Waals surface area contributed by atoms with E-state index in [0.717, 1.165) is 17.3 Å². The molecule has 0 aliphatic carbocycles. The Labute approximate surface area is 122 Å². The average Bonchev–Trinajstić information content (AvgIpc) is 2.46. The van der Waals surface area contributed by atoms with Crippen molar-refractivity contribution in [1.29, 1.82) is 0 Å². The van der Waals surface area contributed by atoms with Crippen LogP contribution in [0.25, 0.3) is 0 Å². The molecule has 0 saturated heterocycles. The maximum Gasteiger partial charge on any atom is 0.251 e. The molecule has 2 aromatic rings. The molecule has 0 radical (unpaired) electrons. The van der Waals surface area contributed by atoms with Crippen molar-refractivity contribution in [3.05, 3.63) is 70.2 Å². The van der Waals surface area contributed by atoms with Gasteiger partial charge in [-0.3, -0.25) is 4.79 Å². The zero-order valence-corrected chi connectivity index (χ0v) is 12.2. The molecule has 2 nitrogen and oxygen atoms in total. The van der Waals surface area contributed by atoms with E-state index in [0.29, 0.717) is 12.1 Å². The Morgan fingerprint density at radius 3 is 2.37 bits per heavy atom. The first kappa shape index (κ1) is 13.8. The lowest BCUT2D eigenvalue weighted by Crippen LogP contribution is -2.24. The Morgan fingerprint density at radius 1 is 1.00 bits per heavy atom. The Bertz CT molecular complexity index is 522. The molecule has 0 unspecified atom stereocenters. The third-order valence-electron chi connectivity index (χ3n) is 2.88. The van der Waals surface area contributed by atoms with Crippen molar-refractivity contribution in [2.24, 2.45) is 0 Å². The number of hydrogen-bond donors (Lipinski definition) is 1. The fourth-order valence-corrected chi connectivity index (χ4v) is 2.10. The molecule has 0 aliphatic heterocycles. The van der Waals surface area contributed by atoms with Crippen LogP contribution in [0.1, 0.15) is 22.3 Å². The van der Waals surface area contributed by atoms with Gasteiger partial charge in [-0.1, -0.05) is 46.3 Å². The number of hydrogen-bond acceptors (Lipinski definition) is 1. The van der Waals surface area contributed by atoms with Gasteiger partial charge in [-0.25, -0.2) is 0 Å². The molecule has 2 rings (SSSR count). The van der Waals surface area contributed by atoms with E-state index < -0.39 is 0 Å². The van der Waals surface area contributed by atoms with Gasteiger partial charge in [0.15, 0.2) is 0 Å². The monoisotopic (exact) mass is 317 g/mol. The largest absolute Gasteiger partial charge is 0.352 e. The van der Waals surface area contributed by atoms with Crippen LogP contribution < -0.4 is 5.32 Å². The lowest BCUT2D eigenvalue weighted by atomic mass is 10.1. The molecule has 0 bridgehead atoms. The maximum absolute atomic E-state index is 11.8. The number of carbonyl (C=O) groups excluding carboxylic acids is 1. The predicted octanol–water partition coefficient (Wildman–Crippen LogP) is 3.81. The SMILES string of the molecule is O=C(NCCCc1ccc(Br)cc1)c1ccccc1. The van der Waals surface area contributed by atoms with Gasteiger partial charge in [0.2, 0.25) is 0 Å². The third kappa shape index (κ3) is 4.52. The molecule has 0 aromatic heterocycles. The summed E-state index contributed by atoms with van der Waals surface area (Å²) >= 11 is 3.42.